The van der Waals surface area contributed by atoms with Crippen LogP contribution in [0.5, 0.6) is 0 Å². The van der Waals surface area contributed by atoms with Crippen LogP contribution in [0, 0.1) is 5.92 Å². The average Bonchev–Trinajstić information content (AvgIpc) is 2.94. The molecule has 2 aliphatic heterocycles. The summed E-state index contributed by atoms with van der Waals surface area (Å²) in [7, 11) is 2.13. The van der Waals surface area contributed by atoms with Crippen LogP contribution in [-0.4, -0.2) is 71.8 Å². The molecule has 0 aromatic carbocycles. The summed E-state index contributed by atoms with van der Waals surface area (Å²) in [5, 5.41) is 3.04. The molecule has 132 valence electrons. The first-order valence-corrected chi connectivity index (χ1v) is 9.45. The van der Waals surface area contributed by atoms with Crippen LogP contribution in [0.25, 0.3) is 0 Å². The lowest BCUT2D eigenvalue weighted by Crippen LogP contribution is -2.49. The van der Waals surface area contributed by atoms with Gasteiger partial charge in [-0.25, -0.2) is 4.79 Å². The lowest BCUT2D eigenvalue weighted by Gasteiger charge is -2.30. The van der Waals surface area contributed by atoms with Crippen molar-refractivity contribution < 1.29 is 14.3 Å². The van der Waals surface area contributed by atoms with Crippen LogP contribution >= 0.6 is 11.8 Å². The lowest BCUT2D eigenvalue weighted by molar-refractivity contribution is -0.125. The number of piperidine rings is 1. The molecule has 6 nitrogen and oxygen atoms in total. The number of ether oxygens (including phenoxy) is 1. The van der Waals surface area contributed by atoms with E-state index in [0.717, 1.165) is 25.9 Å². The number of thioether (sulfide) groups is 1. The number of nitrogens with one attached hydrogen (secondary N) is 1. The van der Waals surface area contributed by atoms with Crippen LogP contribution in [0.2, 0.25) is 0 Å². The summed E-state index contributed by atoms with van der Waals surface area (Å²) in [5.41, 5.74) is -0.542. The molecule has 2 rings (SSSR count). The van der Waals surface area contributed by atoms with E-state index in [2.05, 4.69) is 17.3 Å². The predicted molar refractivity (Wildman–Crippen MR) is 92.4 cm³/mol. The minimum absolute atomic E-state index is 0.0558. The van der Waals surface area contributed by atoms with Gasteiger partial charge in [-0.1, -0.05) is 0 Å². The van der Waals surface area contributed by atoms with Gasteiger partial charge in [-0.05, 0) is 59.7 Å². The highest BCUT2D eigenvalue weighted by molar-refractivity contribution is 7.99. The lowest BCUT2D eigenvalue weighted by atomic mass is 9.97. The fourth-order valence-electron chi connectivity index (χ4n) is 2.79. The molecule has 1 atom stereocenters. The van der Waals surface area contributed by atoms with Crippen molar-refractivity contribution in [2.24, 2.45) is 5.92 Å². The van der Waals surface area contributed by atoms with Crippen molar-refractivity contribution in [2.45, 2.75) is 45.3 Å². The SMILES string of the molecule is CN1CCC(CNC(=O)[C@H]2CSCN2C(=O)OC(C)(C)C)CC1. The average molecular weight is 343 g/mol. The molecule has 2 saturated heterocycles. The Kier molecular flexibility index (Phi) is 6.19. The minimum atomic E-state index is -0.542. The summed E-state index contributed by atoms with van der Waals surface area (Å²) >= 11 is 1.59. The highest BCUT2D eigenvalue weighted by Crippen LogP contribution is 2.24. The molecular formula is C16H29N3O3S. The van der Waals surface area contributed by atoms with E-state index in [1.807, 2.05) is 20.8 Å². The molecule has 1 N–H and O–H groups in total. The number of amides is 2. The first kappa shape index (κ1) is 18.4. The molecule has 0 radical (unpaired) electrons. The smallest absolute Gasteiger partial charge is 0.411 e. The number of carbonyl (C=O) groups excluding carboxylic acids is 2. The summed E-state index contributed by atoms with van der Waals surface area (Å²) in [5.74, 6) is 1.64. The number of hydrogen-bond acceptors (Lipinski definition) is 5. The van der Waals surface area contributed by atoms with Crippen LogP contribution in [0.4, 0.5) is 4.79 Å². The Balaban J connectivity index is 1.82. The van der Waals surface area contributed by atoms with Crippen LogP contribution < -0.4 is 5.32 Å². The van der Waals surface area contributed by atoms with E-state index in [4.69, 9.17) is 4.74 Å². The van der Waals surface area contributed by atoms with Crippen molar-refractivity contribution in [1.29, 1.82) is 0 Å². The maximum atomic E-state index is 12.4. The van der Waals surface area contributed by atoms with E-state index < -0.39 is 17.7 Å². The molecule has 2 fully saturated rings. The number of likely N-dealkylation sites (tertiary alicyclic amines) is 1. The topological polar surface area (TPSA) is 61.9 Å². The summed E-state index contributed by atoms with van der Waals surface area (Å²) in [4.78, 5) is 28.5. The van der Waals surface area contributed by atoms with Crippen LogP contribution in [0.3, 0.4) is 0 Å². The molecule has 23 heavy (non-hydrogen) atoms. The first-order valence-electron chi connectivity index (χ1n) is 8.30. The summed E-state index contributed by atoms with van der Waals surface area (Å²) in [6, 6.07) is -0.416. The van der Waals surface area contributed by atoms with Crippen molar-refractivity contribution in [3.63, 3.8) is 0 Å². The van der Waals surface area contributed by atoms with Gasteiger partial charge >= 0.3 is 6.09 Å². The number of rotatable bonds is 3. The molecule has 0 bridgehead atoms. The Hall–Kier alpha value is -0.950. The third-order valence-electron chi connectivity index (χ3n) is 4.22. The van der Waals surface area contributed by atoms with Crippen LogP contribution in [0.15, 0.2) is 0 Å². The Morgan fingerprint density at radius 1 is 1.26 bits per heavy atom. The maximum absolute atomic E-state index is 12.4. The molecule has 0 aliphatic carbocycles. The largest absolute Gasteiger partial charge is 0.444 e. The number of nitrogens with zero attached hydrogens (tertiary/aromatic N) is 2. The fraction of sp³-hybridized carbons (Fsp3) is 0.875. The maximum Gasteiger partial charge on any atom is 0.411 e. The van der Waals surface area contributed by atoms with Gasteiger partial charge in [0.15, 0.2) is 0 Å². The molecular weight excluding hydrogens is 314 g/mol. The van der Waals surface area contributed by atoms with Crippen molar-refractivity contribution in [2.75, 3.05) is 38.3 Å². The van der Waals surface area contributed by atoms with Gasteiger partial charge in [-0.3, -0.25) is 9.69 Å². The number of hydrogen-bond donors (Lipinski definition) is 1. The van der Waals surface area contributed by atoms with E-state index in [9.17, 15) is 9.59 Å². The predicted octanol–water partition coefficient (Wildman–Crippen LogP) is 1.75. The van der Waals surface area contributed by atoms with Crippen molar-refractivity contribution >= 4 is 23.8 Å². The Morgan fingerprint density at radius 2 is 1.91 bits per heavy atom. The fourth-order valence-corrected chi connectivity index (χ4v) is 3.93. The minimum Gasteiger partial charge on any atom is -0.444 e. The van der Waals surface area contributed by atoms with E-state index in [-0.39, 0.29) is 5.91 Å². The van der Waals surface area contributed by atoms with E-state index in [1.165, 1.54) is 0 Å². The second-order valence-corrected chi connectivity index (χ2v) is 8.46. The van der Waals surface area contributed by atoms with E-state index >= 15 is 0 Å². The Morgan fingerprint density at radius 3 is 2.52 bits per heavy atom. The van der Waals surface area contributed by atoms with Crippen LogP contribution in [0.1, 0.15) is 33.6 Å². The molecule has 7 heteroatoms. The Labute approximate surface area is 143 Å². The van der Waals surface area contributed by atoms with Gasteiger partial charge < -0.3 is 15.0 Å². The highest BCUT2D eigenvalue weighted by atomic mass is 32.2. The van der Waals surface area contributed by atoms with Crippen molar-refractivity contribution in [3.8, 4) is 0 Å². The highest BCUT2D eigenvalue weighted by Gasteiger charge is 2.37. The molecule has 0 unspecified atom stereocenters. The summed E-state index contributed by atoms with van der Waals surface area (Å²) < 4.78 is 5.40. The second-order valence-electron chi connectivity index (χ2n) is 7.46. The molecule has 0 aromatic heterocycles. The quantitative estimate of drug-likeness (QED) is 0.846. The monoisotopic (exact) mass is 343 g/mol. The Bertz CT molecular complexity index is 431. The number of carbonyl (C=O) groups is 2. The molecule has 0 aromatic rings. The third kappa shape index (κ3) is 5.57. The molecule has 0 spiro atoms. The summed E-state index contributed by atoms with van der Waals surface area (Å²) in [6.07, 6.45) is 1.83. The van der Waals surface area contributed by atoms with Gasteiger partial charge in [0, 0.05) is 12.3 Å². The zero-order valence-corrected chi connectivity index (χ0v) is 15.4. The standard InChI is InChI=1S/C16H29N3O3S/c1-16(2,3)22-15(21)19-11-23-10-13(19)14(20)17-9-12-5-7-18(4)8-6-12/h12-13H,5-11H2,1-4H3,(H,17,20)/t13-/m1/s1. The zero-order chi connectivity index (χ0) is 17.0. The molecule has 2 amide bonds. The second kappa shape index (κ2) is 7.75. The van der Waals surface area contributed by atoms with Crippen molar-refractivity contribution in [1.82, 2.24) is 15.1 Å². The van der Waals surface area contributed by atoms with Gasteiger partial charge in [-0.2, -0.15) is 0 Å². The third-order valence-corrected chi connectivity index (χ3v) is 5.23. The van der Waals surface area contributed by atoms with Gasteiger partial charge in [-0.15, -0.1) is 11.8 Å². The normalized spacial score (nSPS) is 23.8. The van der Waals surface area contributed by atoms with Gasteiger partial charge in [0.05, 0.1) is 5.88 Å². The van der Waals surface area contributed by atoms with Gasteiger partial charge in [0.2, 0.25) is 5.91 Å². The van der Waals surface area contributed by atoms with E-state index in [0.29, 0.717) is 24.1 Å². The molecule has 0 saturated carbocycles. The van der Waals surface area contributed by atoms with E-state index in [1.54, 1.807) is 16.7 Å². The van der Waals surface area contributed by atoms with Crippen LogP contribution in [-0.2, 0) is 9.53 Å². The molecule has 2 aliphatic rings. The summed E-state index contributed by atoms with van der Waals surface area (Å²) in [6.45, 7) is 8.39. The van der Waals surface area contributed by atoms with Gasteiger partial charge in [0.1, 0.15) is 11.6 Å². The first-order chi connectivity index (χ1) is 10.8. The van der Waals surface area contributed by atoms with Crippen molar-refractivity contribution in [3.05, 3.63) is 0 Å². The molecule has 2 heterocycles. The zero-order valence-electron chi connectivity index (χ0n) is 14.6. The van der Waals surface area contributed by atoms with Gasteiger partial charge in [0.25, 0.3) is 0 Å².